The summed E-state index contributed by atoms with van der Waals surface area (Å²) in [6.45, 7) is 2.55. The van der Waals surface area contributed by atoms with E-state index in [1.807, 2.05) is 11.3 Å². The minimum Gasteiger partial charge on any atom is -0.378 e. The van der Waals surface area contributed by atoms with E-state index in [4.69, 9.17) is 4.74 Å². The van der Waals surface area contributed by atoms with Crippen LogP contribution in [0.15, 0.2) is 36.4 Å². The van der Waals surface area contributed by atoms with Gasteiger partial charge >= 0.3 is 0 Å². The highest BCUT2D eigenvalue weighted by molar-refractivity contribution is 7.19. The van der Waals surface area contributed by atoms with Crippen LogP contribution < -0.4 is 5.32 Å². The smallest absolute Gasteiger partial charge is 0.0656 e. The Morgan fingerprint density at radius 3 is 3.12 bits per heavy atom. The molecule has 1 saturated heterocycles. The molecule has 0 saturated carbocycles. The van der Waals surface area contributed by atoms with Crippen molar-refractivity contribution in [2.45, 2.75) is 6.04 Å². The molecule has 1 aliphatic rings. The molecule has 0 spiro atoms. The molecule has 1 atom stereocenters. The van der Waals surface area contributed by atoms with Gasteiger partial charge in [-0.2, -0.15) is 0 Å². The predicted molar refractivity (Wildman–Crippen MR) is 73.5 cm³/mol. The highest BCUT2D eigenvalue weighted by Crippen LogP contribution is 2.26. The van der Waals surface area contributed by atoms with E-state index in [-0.39, 0.29) is 0 Å². The molecule has 1 unspecified atom stereocenters. The molecule has 2 nitrogen and oxygen atoms in total. The van der Waals surface area contributed by atoms with E-state index in [2.05, 4.69) is 47.8 Å². The van der Waals surface area contributed by atoms with Gasteiger partial charge in [0, 0.05) is 22.2 Å². The Bertz CT molecular complexity index is 493. The van der Waals surface area contributed by atoms with Gasteiger partial charge in [-0.1, -0.05) is 24.3 Å². The van der Waals surface area contributed by atoms with Crippen molar-refractivity contribution < 1.29 is 4.74 Å². The van der Waals surface area contributed by atoms with Crippen LogP contribution in [0.5, 0.6) is 0 Å². The van der Waals surface area contributed by atoms with E-state index in [1.165, 1.54) is 15.0 Å². The fraction of sp³-hybridized carbons (Fsp3) is 0.286. The number of benzene rings is 1. The number of nitrogens with one attached hydrogen (secondary N) is 1. The van der Waals surface area contributed by atoms with Crippen molar-refractivity contribution in [1.82, 2.24) is 5.32 Å². The first kappa shape index (κ1) is 11.0. The van der Waals surface area contributed by atoms with Crippen molar-refractivity contribution in [3.63, 3.8) is 0 Å². The molecule has 1 aromatic carbocycles. The van der Waals surface area contributed by atoms with Crippen LogP contribution in [0.1, 0.15) is 4.88 Å². The molecule has 1 N–H and O–H groups in total. The summed E-state index contributed by atoms with van der Waals surface area (Å²) < 4.78 is 6.77. The second-order valence-electron chi connectivity index (χ2n) is 4.18. The second-order valence-corrected chi connectivity index (χ2v) is 5.30. The average molecular weight is 245 g/mol. The fourth-order valence-corrected chi connectivity index (χ4v) is 2.98. The Kier molecular flexibility index (Phi) is 3.22. The lowest BCUT2D eigenvalue weighted by atomic mass is 10.2. The Labute approximate surface area is 105 Å². The van der Waals surface area contributed by atoms with E-state index in [0.717, 1.165) is 19.8 Å². The molecular weight excluding hydrogens is 230 g/mol. The molecule has 1 fully saturated rings. The molecule has 2 heterocycles. The standard InChI is InChI=1S/C14H15NOS/c1-2-4-14-11(3-1)9-13(17-14)6-5-12-10-16-8-7-15-12/h1-6,9,12,15H,7-8,10H2/b6-5+. The van der Waals surface area contributed by atoms with Gasteiger partial charge in [-0.25, -0.2) is 0 Å². The van der Waals surface area contributed by atoms with E-state index in [1.54, 1.807) is 0 Å². The highest BCUT2D eigenvalue weighted by atomic mass is 32.1. The summed E-state index contributed by atoms with van der Waals surface area (Å²) in [6, 6.07) is 11.1. The number of morpholine rings is 1. The summed E-state index contributed by atoms with van der Waals surface area (Å²) in [6.07, 6.45) is 4.39. The van der Waals surface area contributed by atoms with Gasteiger partial charge in [0.15, 0.2) is 0 Å². The van der Waals surface area contributed by atoms with Gasteiger partial charge < -0.3 is 10.1 Å². The topological polar surface area (TPSA) is 21.3 Å². The SMILES string of the molecule is C(=C\C1COCCN1)/c1cc2ccccc2s1. The molecular formula is C14H15NOS. The van der Waals surface area contributed by atoms with Crippen molar-refractivity contribution in [3.8, 4) is 0 Å². The predicted octanol–water partition coefficient (Wildman–Crippen LogP) is 2.90. The van der Waals surface area contributed by atoms with Gasteiger partial charge in [-0.15, -0.1) is 11.3 Å². The quantitative estimate of drug-likeness (QED) is 0.878. The highest BCUT2D eigenvalue weighted by Gasteiger charge is 2.08. The average Bonchev–Trinajstić information content (AvgIpc) is 2.80. The van der Waals surface area contributed by atoms with Crippen LogP contribution in [-0.4, -0.2) is 25.8 Å². The zero-order valence-corrected chi connectivity index (χ0v) is 10.4. The third kappa shape index (κ3) is 2.57. The summed E-state index contributed by atoms with van der Waals surface area (Å²) in [7, 11) is 0. The van der Waals surface area contributed by atoms with Crippen molar-refractivity contribution >= 4 is 27.5 Å². The van der Waals surface area contributed by atoms with Crippen LogP contribution in [0.2, 0.25) is 0 Å². The fourth-order valence-electron chi connectivity index (χ4n) is 2.00. The van der Waals surface area contributed by atoms with Crippen molar-refractivity contribution in [3.05, 3.63) is 41.3 Å². The maximum Gasteiger partial charge on any atom is 0.0656 e. The second kappa shape index (κ2) is 5.00. The zero-order chi connectivity index (χ0) is 11.5. The number of hydrogen-bond donors (Lipinski definition) is 1. The molecule has 17 heavy (non-hydrogen) atoms. The largest absolute Gasteiger partial charge is 0.378 e. The van der Waals surface area contributed by atoms with Crippen molar-refractivity contribution in [2.75, 3.05) is 19.8 Å². The maximum absolute atomic E-state index is 5.42. The monoisotopic (exact) mass is 245 g/mol. The van der Waals surface area contributed by atoms with Crippen LogP contribution in [0, 0.1) is 0 Å². The maximum atomic E-state index is 5.42. The zero-order valence-electron chi connectivity index (χ0n) is 9.56. The molecule has 2 aromatic rings. The minimum atomic E-state index is 0.356. The first-order chi connectivity index (χ1) is 8.42. The number of fused-ring (bicyclic) bond motifs is 1. The molecule has 1 aliphatic heterocycles. The first-order valence-electron chi connectivity index (χ1n) is 5.90. The Morgan fingerprint density at radius 1 is 1.35 bits per heavy atom. The van der Waals surface area contributed by atoms with Gasteiger partial charge in [-0.05, 0) is 23.6 Å². The van der Waals surface area contributed by atoms with Gasteiger partial charge in [0.1, 0.15) is 0 Å². The Balaban J connectivity index is 1.77. The normalized spacial score (nSPS) is 21.3. The summed E-state index contributed by atoms with van der Waals surface area (Å²) in [5.74, 6) is 0. The lowest BCUT2D eigenvalue weighted by Crippen LogP contribution is -2.39. The number of rotatable bonds is 2. The Morgan fingerprint density at radius 2 is 2.29 bits per heavy atom. The number of ether oxygens (including phenoxy) is 1. The van der Waals surface area contributed by atoms with Crippen molar-refractivity contribution in [1.29, 1.82) is 0 Å². The third-order valence-corrected chi connectivity index (χ3v) is 3.97. The lowest BCUT2D eigenvalue weighted by Gasteiger charge is -2.20. The molecule has 3 heteroatoms. The molecule has 3 rings (SSSR count). The third-order valence-electron chi connectivity index (χ3n) is 2.89. The van der Waals surface area contributed by atoms with Crippen LogP contribution in [0.3, 0.4) is 0 Å². The summed E-state index contributed by atoms with van der Waals surface area (Å²) >= 11 is 1.83. The summed E-state index contributed by atoms with van der Waals surface area (Å²) in [5, 5.41) is 4.74. The number of hydrogen-bond acceptors (Lipinski definition) is 3. The Hall–Kier alpha value is -1.16. The molecule has 88 valence electrons. The van der Waals surface area contributed by atoms with E-state index in [0.29, 0.717) is 6.04 Å². The molecule has 0 amide bonds. The molecule has 0 bridgehead atoms. The first-order valence-corrected chi connectivity index (χ1v) is 6.71. The number of thiophene rings is 1. The van der Waals surface area contributed by atoms with Gasteiger partial charge in [-0.3, -0.25) is 0 Å². The van der Waals surface area contributed by atoms with E-state index >= 15 is 0 Å². The molecule has 0 radical (unpaired) electrons. The van der Waals surface area contributed by atoms with Crippen LogP contribution >= 0.6 is 11.3 Å². The van der Waals surface area contributed by atoms with Crippen LogP contribution in [0.25, 0.3) is 16.2 Å². The van der Waals surface area contributed by atoms with Gasteiger partial charge in [0.05, 0.1) is 13.2 Å². The minimum absolute atomic E-state index is 0.356. The van der Waals surface area contributed by atoms with E-state index in [9.17, 15) is 0 Å². The van der Waals surface area contributed by atoms with E-state index < -0.39 is 0 Å². The van der Waals surface area contributed by atoms with Gasteiger partial charge in [0.25, 0.3) is 0 Å². The van der Waals surface area contributed by atoms with Crippen LogP contribution in [-0.2, 0) is 4.74 Å². The lowest BCUT2D eigenvalue weighted by molar-refractivity contribution is 0.0903. The van der Waals surface area contributed by atoms with Crippen molar-refractivity contribution in [2.24, 2.45) is 0 Å². The van der Waals surface area contributed by atoms with Crippen LogP contribution in [0.4, 0.5) is 0 Å². The molecule has 1 aromatic heterocycles. The van der Waals surface area contributed by atoms with Gasteiger partial charge in [0.2, 0.25) is 0 Å². The molecule has 0 aliphatic carbocycles. The summed E-state index contributed by atoms with van der Waals surface area (Å²) in [4.78, 5) is 1.30. The summed E-state index contributed by atoms with van der Waals surface area (Å²) in [5.41, 5.74) is 0.